The molecule has 1 atom stereocenters. The second kappa shape index (κ2) is 4.38. The zero-order valence-corrected chi connectivity index (χ0v) is 9.31. The number of aromatic amines is 1. The van der Waals surface area contributed by atoms with Crippen LogP contribution in [0.3, 0.4) is 0 Å². The highest BCUT2D eigenvalue weighted by Gasteiger charge is 2.23. The molecule has 0 spiro atoms. The summed E-state index contributed by atoms with van der Waals surface area (Å²) >= 11 is 1.23. The van der Waals surface area contributed by atoms with Crippen molar-refractivity contribution in [2.24, 2.45) is 0 Å². The molecule has 0 aromatic carbocycles. The van der Waals surface area contributed by atoms with Crippen LogP contribution in [0.15, 0.2) is 39.4 Å². The second-order valence-electron chi connectivity index (χ2n) is 3.27. The molecule has 0 saturated carbocycles. The summed E-state index contributed by atoms with van der Waals surface area (Å²) < 4.78 is 0.982. The first kappa shape index (κ1) is 11.3. The second-order valence-corrected chi connectivity index (χ2v) is 4.25. The van der Waals surface area contributed by atoms with Gasteiger partial charge in [-0.3, -0.25) is 14.3 Å². The number of H-pyrrole nitrogens is 1. The number of rotatable bonds is 3. The molecule has 2 heterocycles. The van der Waals surface area contributed by atoms with Gasteiger partial charge in [0.15, 0.2) is 6.04 Å². The van der Waals surface area contributed by atoms with Crippen LogP contribution >= 0.6 is 11.3 Å². The van der Waals surface area contributed by atoms with Crippen LogP contribution in [0.1, 0.15) is 10.9 Å². The Morgan fingerprint density at radius 3 is 2.71 bits per heavy atom. The monoisotopic (exact) mass is 252 g/mol. The predicted molar refractivity (Wildman–Crippen MR) is 61.4 cm³/mol. The highest BCUT2D eigenvalue weighted by Crippen LogP contribution is 2.21. The molecule has 0 aliphatic carbocycles. The Hall–Kier alpha value is -2.15. The van der Waals surface area contributed by atoms with E-state index in [1.165, 1.54) is 17.5 Å². The van der Waals surface area contributed by atoms with Crippen molar-refractivity contribution >= 4 is 17.3 Å². The van der Waals surface area contributed by atoms with Crippen LogP contribution in [-0.2, 0) is 4.79 Å². The van der Waals surface area contributed by atoms with Gasteiger partial charge in [-0.2, -0.15) is 0 Å². The number of hydrogen-bond acceptors (Lipinski definition) is 4. The maximum Gasteiger partial charge on any atom is 0.332 e. The molecular formula is C10H8N2O4S. The minimum atomic E-state index is -1.15. The maximum absolute atomic E-state index is 11.5. The Bertz CT molecular complexity index is 641. The van der Waals surface area contributed by atoms with Crippen molar-refractivity contribution in [1.29, 1.82) is 0 Å². The van der Waals surface area contributed by atoms with E-state index in [4.69, 9.17) is 5.11 Å². The van der Waals surface area contributed by atoms with Gasteiger partial charge in [0.1, 0.15) is 0 Å². The quantitative estimate of drug-likeness (QED) is 0.820. The number of nitrogens with zero attached hydrogens (tertiary/aromatic N) is 1. The summed E-state index contributed by atoms with van der Waals surface area (Å²) in [6.45, 7) is 0. The molecule has 2 N–H and O–H groups in total. The molecule has 17 heavy (non-hydrogen) atoms. The minimum absolute atomic E-state index is 0.520. The number of thiophene rings is 1. The first-order valence-corrected chi connectivity index (χ1v) is 5.55. The molecule has 0 aliphatic rings. The van der Waals surface area contributed by atoms with Gasteiger partial charge in [-0.1, -0.05) is 6.07 Å². The van der Waals surface area contributed by atoms with Crippen molar-refractivity contribution in [1.82, 2.24) is 9.55 Å². The third kappa shape index (κ3) is 2.18. The van der Waals surface area contributed by atoms with E-state index in [-0.39, 0.29) is 0 Å². The fourth-order valence-electron chi connectivity index (χ4n) is 1.46. The average Bonchev–Trinajstić information content (AvgIpc) is 2.74. The molecule has 88 valence electrons. The van der Waals surface area contributed by atoms with E-state index in [2.05, 4.69) is 0 Å². The van der Waals surface area contributed by atoms with Crippen LogP contribution in [0.5, 0.6) is 0 Å². The van der Waals surface area contributed by atoms with Crippen molar-refractivity contribution in [3.8, 4) is 0 Å². The Kier molecular flexibility index (Phi) is 2.92. The van der Waals surface area contributed by atoms with E-state index in [0.29, 0.717) is 4.88 Å². The predicted octanol–water partition coefficient (Wildman–Crippen LogP) is 0.272. The topological polar surface area (TPSA) is 92.2 Å². The van der Waals surface area contributed by atoms with Gasteiger partial charge in [-0.05, 0) is 11.4 Å². The number of carbonyl (C=O) groups is 1. The highest BCUT2D eigenvalue weighted by molar-refractivity contribution is 7.10. The molecule has 0 bridgehead atoms. The largest absolute Gasteiger partial charge is 0.479 e. The van der Waals surface area contributed by atoms with Gasteiger partial charge in [0.2, 0.25) is 0 Å². The Balaban J connectivity index is 2.58. The van der Waals surface area contributed by atoms with Crippen LogP contribution in [0.2, 0.25) is 0 Å². The first-order valence-electron chi connectivity index (χ1n) is 4.67. The number of hydrogen-bond donors (Lipinski definition) is 2. The highest BCUT2D eigenvalue weighted by atomic mass is 32.1. The minimum Gasteiger partial charge on any atom is -0.479 e. The van der Waals surface area contributed by atoms with E-state index < -0.39 is 23.3 Å². The van der Waals surface area contributed by atoms with Crippen molar-refractivity contribution in [2.75, 3.05) is 0 Å². The molecule has 2 aromatic heterocycles. The Morgan fingerprint density at radius 1 is 1.41 bits per heavy atom. The third-order valence-electron chi connectivity index (χ3n) is 2.18. The van der Waals surface area contributed by atoms with Gasteiger partial charge in [-0.15, -0.1) is 11.3 Å². The fourth-order valence-corrected chi connectivity index (χ4v) is 2.27. The maximum atomic E-state index is 11.5. The number of nitrogens with one attached hydrogen (secondary N) is 1. The summed E-state index contributed by atoms with van der Waals surface area (Å²) in [5.74, 6) is -1.15. The van der Waals surface area contributed by atoms with Gasteiger partial charge in [0.25, 0.3) is 5.56 Å². The number of aromatic nitrogens is 2. The summed E-state index contributed by atoms with van der Waals surface area (Å²) in [5, 5.41) is 10.9. The normalized spacial score (nSPS) is 12.2. The lowest BCUT2D eigenvalue weighted by molar-refractivity contribution is -0.139. The summed E-state index contributed by atoms with van der Waals surface area (Å²) in [6, 6.07) is 3.33. The van der Waals surface area contributed by atoms with Crippen LogP contribution in [0, 0.1) is 0 Å². The van der Waals surface area contributed by atoms with Crippen LogP contribution in [0.25, 0.3) is 0 Å². The Morgan fingerprint density at radius 2 is 2.18 bits per heavy atom. The van der Waals surface area contributed by atoms with E-state index in [1.54, 1.807) is 17.5 Å². The standard InChI is InChI=1S/C10H8N2O4S/c13-7-3-4-12(10(16)11-7)8(9(14)15)6-2-1-5-17-6/h1-5,8H,(H,14,15)(H,11,13,16). The van der Waals surface area contributed by atoms with E-state index >= 15 is 0 Å². The van der Waals surface area contributed by atoms with Crippen LogP contribution in [0.4, 0.5) is 0 Å². The number of aliphatic carboxylic acids is 1. The smallest absolute Gasteiger partial charge is 0.332 e. The molecule has 0 aliphatic heterocycles. The number of carboxylic acid groups (broad SMARTS) is 1. The lowest BCUT2D eigenvalue weighted by Crippen LogP contribution is -2.34. The van der Waals surface area contributed by atoms with Crippen LogP contribution in [-0.4, -0.2) is 20.6 Å². The lowest BCUT2D eigenvalue weighted by Gasteiger charge is -2.12. The molecule has 0 radical (unpaired) electrons. The van der Waals surface area contributed by atoms with E-state index in [1.807, 2.05) is 4.98 Å². The lowest BCUT2D eigenvalue weighted by atomic mass is 10.2. The van der Waals surface area contributed by atoms with Crippen molar-refractivity contribution in [3.63, 3.8) is 0 Å². The molecule has 0 amide bonds. The number of carboxylic acids is 1. The molecule has 7 heteroatoms. The average molecular weight is 252 g/mol. The summed E-state index contributed by atoms with van der Waals surface area (Å²) in [4.78, 5) is 36.2. The third-order valence-corrected chi connectivity index (χ3v) is 3.10. The van der Waals surface area contributed by atoms with Gasteiger partial charge in [0.05, 0.1) is 0 Å². The van der Waals surface area contributed by atoms with E-state index in [9.17, 15) is 14.4 Å². The SMILES string of the molecule is O=C(O)C(c1cccs1)n1ccc(=O)[nH]c1=O. The van der Waals surface area contributed by atoms with Gasteiger partial charge >= 0.3 is 11.7 Å². The van der Waals surface area contributed by atoms with Crippen LogP contribution < -0.4 is 11.2 Å². The Labute approximate surface area is 98.8 Å². The fraction of sp³-hybridized carbons (Fsp3) is 0.100. The van der Waals surface area contributed by atoms with Crippen molar-refractivity contribution < 1.29 is 9.90 Å². The van der Waals surface area contributed by atoms with Crippen molar-refractivity contribution in [2.45, 2.75) is 6.04 Å². The molecule has 2 aromatic rings. The van der Waals surface area contributed by atoms with Crippen molar-refractivity contribution in [3.05, 3.63) is 55.5 Å². The summed E-state index contributed by atoms with van der Waals surface area (Å²) in [5.41, 5.74) is -1.29. The van der Waals surface area contributed by atoms with Gasteiger partial charge in [0, 0.05) is 17.1 Å². The zero-order chi connectivity index (χ0) is 12.4. The van der Waals surface area contributed by atoms with E-state index in [0.717, 1.165) is 10.6 Å². The molecule has 1 unspecified atom stereocenters. The summed E-state index contributed by atoms with van der Waals surface area (Å²) in [6.07, 6.45) is 1.18. The molecule has 6 nitrogen and oxygen atoms in total. The molecule has 0 saturated heterocycles. The molecular weight excluding hydrogens is 244 g/mol. The first-order chi connectivity index (χ1) is 8.09. The van der Waals surface area contributed by atoms with Gasteiger partial charge < -0.3 is 5.11 Å². The molecule has 0 fully saturated rings. The summed E-state index contributed by atoms with van der Waals surface area (Å²) in [7, 11) is 0. The zero-order valence-electron chi connectivity index (χ0n) is 8.49. The van der Waals surface area contributed by atoms with Gasteiger partial charge in [-0.25, -0.2) is 9.59 Å². The molecule has 2 rings (SSSR count).